The molecular formula is C30H54Br2O4. The van der Waals surface area contributed by atoms with E-state index < -0.39 is 14.6 Å². The summed E-state index contributed by atoms with van der Waals surface area (Å²) in [4.78, 5) is 22.3. The molecule has 0 saturated carbocycles. The molecule has 0 aromatic carbocycles. The number of allylic oxidation sites excluding steroid dienone is 2. The van der Waals surface area contributed by atoms with Gasteiger partial charge in [0.15, 0.2) is 0 Å². The molecule has 4 nitrogen and oxygen atoms in total. The van der Waals surface area contributed by atoms with Crippen molar-refractivity contribution in [2.24, 2.45) is 0 Å². The van der Waals surface area contributed by atoms with Crippen molar-refractivity contribution in [2.45, 2.75) is 145 Å². The predicted molar refractivity (Wildman–Crippen MR) is 162 cm³/mol. The molecular weight excluding hydrogens is 584 g/mol. The highest BCUT2D eigenvalue weighted by atomic mass is 79.9. The maximum Gasteiger partial charge on any atom is 0.322 e. The molecule has 0 aromatic heterocycles. The number of carboxylic acids is 1. The maximum atomic E-state index is 11.4. The number of hydrogen-bond donors (Lipinski definition) is 1. The Hall–Kier alpha value is -0.620. The molecule has 0 bridgehead atoms. The number of unbranched alkanes of at least 4 members (excludes halogenated alkanes) is 15. The molecule has 0 aliphatic heterocycles. The summed E-state index contributed by atoms with van der Waals surface area (Å²) in [5, 5.41) is 8.93. The van der Waals surface area contributed by atoms with E-state index in [0.29, 0.717) is 13.0 Å². The molecule has 1 atom stereocenters. The van der Waals surface area contributed by atoms with Gasteiger partial charge in [0.05, 0.1) is 6.61 Å². The molecule has 1 N–H and O–H groups in total. The van der Waals surface area contributed by atoms with Crippen molar-refractivity contribution in [2.75, 3.05) is 6.61 Å². The van der Waals surface area contributed by atoms with Crippen LogP contribution in [0.15, 0.2) is 25.3 Å². The second kappa shape index (κ2) is 24.7. The van der Waals surface area contributed by atoms with Gasteiger partial charge in [-0.15, -0.1) is 13.2 Å². The smallest absolute Gasteiger partial charge is 0.322 e. The van der Waals surface area contributed by atoms with Gasteiger partial charge in [-0.2, -0.15) is 0 Å². The van der Waals surface area contributed by atoms with Crippen molar-refractivity contribution >= 4 is 43.8 Å². The maximum absolute atomic E-state index is 11.4. The molecule has 212 valence electrons. The van der Waals surface area contributed by atoms with Crippen molar-refractivity contribution in [1.82, 2.24) is 0 Å². The lowest BCUT2D eigenvalue weighted by Gasteiger charge is -2.16. The van der Waals surface area contributed by atoms with Gasteiger partial charge in [-0.05, 0) is 59.3 Å². The first-order chi connectivity index (χ1) is 17.0. The van der Waals surface area contributed by atoms with Crippen molar-refractivity contribution in [3.05, 3.63) is 25.3 Å². The summed E-state index contributed by atoms with van der Waals surface area (Å²) in [5.41, 5.74) is 0. The van der Waals surface area contributed by atoms with Gasteiger partial charge in [-0.3, -0.25) is 9.59 Å². The number of halogens is 2. The SMILES string of the molecule is C=CCCCCCCCCCCC(C)(Br)C(=O)O.C=CCCCCCCCCCOC(=O)C(C)(C)Br. The third-order valence-corrected chi connectivity index (χ3v) is 7.08. The molecule has 36 heavy (non-hydrogen) atoms. The summed E-state index contributed by atoms with van der Waals surface area (Å²) >= 11 is 6.54. The van der Waals surface area contributed by atoms with Crippen LogP contribution in [0, 0.1) is 0 Å². The fourth-order valence-electron chi connectivity index (χ4n) is 3.52. The average Bonchev–Trinajstić information content (AvgIpc) is 2.81. The Kier molecular flexibility index (Phi) is 25.8. The molecule has 0 radical (unpaired) electrons. The molecule has 1 unspecified atom stereocenters. The molecule has 0 heterocycles. The molecule has 0 aromatic rings. The highest BCUT2D eigenvalue weighted by Crippen LogP contribution is 2.25. The largest absolute Gasteiger partial charge is 0.480 e. The second-order valence-electron chi connectivity index (χ2n) is 10.3. The van der Waals surface area contributed by atoms with Crippen LogP contribution in [0.25, 0.3) is 0 Å². The quantitative estimate of drug-likeness (QED) is 0.0524. The van der Waals surface area contributed by atoms with Gasteiger partial charge in [-0.25, -0.2) is 0 Å². The number of aliphatic carboxylic acids is 1. The van der Waals surface area contributed by atoms with Gasteiger partial charge in [-0.1, -0.05) is 121 Å². The van der Waals surface area contributed by atoms with Gasteiger partial charge in [0.25, 0.3) is 0 Å². The van der Waals surface area contributed by atoms with Gasteiger partial charge < -0.3 is 9.84 Å². The second-order valence-corrected chi connectivity index (χ2v) is 14.1. The van der Waals surface area contributed by atoms with E-state index in [2.05, 4.69) is 45.0 Å². The Morgan fingerprint density at radius 3 is 1.42 bits per heavy atom. The van der Waals surface area contributed by atoms with E-state index >= 15 is 0 Å². The van der Waals surface area contributed by atoms with Crippen molar-refractivity contribution < 1.29 is 19.4 Å². The number of carbonyl (C=O) groups is 2. The van der Waals surface area contributed by atoms with Gasteiger partial charge >= 0.3 is 11.9 Å². The van der Waals surface area contributed by atoms with E-state index in [1.165, 1.54) is 70.6 Å². The van der Waals surface area contributed by atoms with E-state index in [9.17, 15) is 9.59 Å². The van der Waals surface area contributed by atoms with Gasteiger partial charge in [0.1, 0.15) is 8.65 Å². The van der Waals surface area contributed by atoms with Crippen LogP contribution < -0.4 is 0 Å². The lowest BCUT2D eigenvalue weighted by molar-refractivity contribution is -0.145. The number of rotatable bonds is 23. The predicted octanol–water partition coefficient (Wildman–Crippen LogP) is 10.3. The first-order valence-corrected chi connectivity index (χ1v) is 15.6. The molecule has 6 heteroatoms. The van der Waals surface area contributed by atoms with Crippen LogP contribution in [-0.2, 0) is 14.3 Å². The van der Waals surface area contributed by atoms with E-state index in [1.807, 2.05) is 12.2 Å². The summed E-state index contributed by atoms with van der Waals surface area (Å²) < 4.78 is 3.87. The normalized spacial score (nSPS) is 12.7. The number of carboxylic acid groups (broad SMARTS) is 1. The Bertz CT molecular complexity index is 568. The zero-order valence-corrected chi connectivity index (χ0v) is 26.6. The summed E-state index contributed by atoms with van der Waals surface area (Å²) in [6, 6.07) is 0. The van der Waals surface area contributed by atoms with Gasteiger partial charge in [0.2, 0.25) is 0 Å². The minimum atomic E-state index is -0.760. The number of esters is 1. The van der Waals surface area contributed by atoms with Crippen LogP contribution in [0.3, 0.4) is 0 Å². The topological polar surface area (TPSA) is 63.6 Å². The molecule has 0 fully saturated rings. The third kappa shape index (κ3) is 26.4. The van der Waals surface area contributed by atoms with E-state index in [4.69, 9.17) is 9.84 Å². The zero-order chi connectivity index (χ0) is 27.7. The van der Waals surface area contributed by atoms with E-state index in [0.717, 1.165) is 38.5 Å². The number of hydrogen-bond acceptors (Lipinski definition) is 3. The molecule has 0 amide bonds. The van der Waals surface area contributed by atoms with Crippen LogP contribution in [0.2, 0.25) is 0 Å². The summed E-state index contributed by atoms with van der Waals surface area (Å²) in [5.74, 6) is -0.934. The lowest BCUT2D eigenvalue weighted by Crippen LogP contribution is -2.27. The Morgan fingerprint density at radius 2 is 1.06 bits per heavy atom. The van der Waals surface area contributed by atoms with Crippen LogP contribution in [0.4, 0.5) is 0 Å². The first-order valence-electron chi connectivity index (χ1n) is 14.0. The fourth-order valence-corrected chi connectivity index (χ4v) is 3.92. The van der Waals surface area contributed by atoms with Gasteiger partial charge in [0, 0.05) is 0 Å². The summed E-state index contributed by atoms with van der Waals surface area (Å²) in [6.45, 7) is 13.3. The first kappa shape index (κ1) is 37.5. The van der Waals surface area contributed by atoms with Crippen LogP contribution in [-0.4, -0.2) is 32.3 Å². The fraction of sp³-hybridized carbons (Fsp3) is 0.800. The number of ether oxygens (including phenoxy) is 1. The molecule has 0 aliphatic carbocycles. The minimum Gasteiger partial charge on any atom is -0.480 e. The van der Waals surface area contributed by atoms with Crippen molar-refractivity contribution in [3.8, 4) is 0 Å². The molecule has 0 saturated heterocycles. The van der Waals surface area contributed by atoms with E-state index in [-0.39, 0.29) is 5.97 Å². The Morgan fingerprint density at radius 1 is 0.694 bits per heavy atom. The summed E-state index contributed by atoms with van der Waals surface area (Å²) in [7, 11) is 0. The molecule has 0 spiro atoms. The van der Waals surface area contributed by atoms with Crippen LogP contribution in [0.1, 0.15) is 136 Å². The van der Waals surface area contributed by atoms with Crippen LogP contribution >= 0.6 is 31.9 Å². The molecule has 0 aliphatic rings. The lowest BCUT2D eigenvalue weighted by atomic mass is 10.0. The zero-order valence-electron chi connectivity index (χ0n) is 23.4. The summed E-state index contributed by atoms with van der Waals surface area (Å²) in [6.07, 6.45) is 25.3. The highest BCUT2D eigenvalue weighted by molar-refractivity contribution is 9.10. The van der Waals surface area contributed by atoms with E-state index in [1.54, 1.807) is 20.8 Å². The monoisotopic (exact) mass is 636 g/mol. The van der Waals surface area contributed by atoms with Crippen molar-refractivity contribution in [3.63, 3.8) is 0 Å². The molecule has 0 rings (SSSR count). The Labute approximate surface area is 239 Å². The number of carbonyl (C=O) groups excluding carboxylic acids is 1. The minimum absolute atomic E-state index is 0.174. The average molecular weight is 639 g/mol. The Balaban J connectivity index is 0. The number of alkyl halides is 2. The van der Waals surface area contributed by atoms with Crippen LogP contribution in [0.5, 0.6) is 0 Å². The van der Waals surface area contributed by atoms with Crippen molar-refractivity contribution in [1.29, 1.82) is 0 Å². The highest BCUT2D eigenvalue weighted by Gasteiger charge is 2.28. The third-order valence-electron chi connectivity index (χ3n) is 6.02. The standard InChI is InChI=1S/2C15H27BrO2/c1-4-5-6-7-8-9-10-11-12-13-18-14(17)15(2,3)16;1-3-4-5-6-7-8-9-10-11-12-13-15(2,16)14(17)18/h4H,1,5-13H2,2-3H3;3H,1,4-13H2,2H3,(H,17,18).